The fraction of sp³-hybridized carbons (Fsp3) is 0.316. The highest BCUT2D eigenvalue weighted by Crippen LogP contribution is 2.18. The first kappa shape index (κ1) is 17.7. The topological polar surface area (TPSA) is 85.1 Å². The summed E-state index contributed by atoms with van der Waals surface area (Å²) in [5.74, 6) is -0.0618. The van der Waals surface area contributed by atoms with E-state index in [0.29, 0.717) is 30.6 Å². The molecule has 0 atom stereocenters. The molecule has 0 saturated heterocycles. The average molecular weight is 353 g/mol. The number of H-pyrrole nitrogens is 2. The molecule has 0 radical (unpaired) electrons. The van der Waals surface area contributed by atoms with Crippen LogP contribution in [0.3, 0.4) is 0 Å². The van der Waals surface area contributed by atoms with Crippen LogP contribution in [0.25, 0.3) is 10.9 Å². The van der Waals surface area contributed by atoms with E-state index in [4.69, 9.17) is 0 Å². The zero-order chi connectivity index (χ0) is 18.7. The highest BCUT2D eigenvalue weighted by atomic mass is 16.2. The summed E-state index contributed by atoms with van der Waals surface area (Å²) in [5.41, 5.74) is 3.08. The van der Waals surface area contributed by atoms with Crippen molar-refractivity contribution in [2.24, 2.45) is 0 Å². The molecule has 0 aliphatic heterocycles. The molecule has 26 heavy (non-hydrogen) atoms. The molecule has 2 aromatic heterocycles. The molecule has 0 aliphatic carbocycles. The molecule has 0 fully saturated rings. The Hall–Kier alpha value is -3.09. The fourth-order valence-corrected chi connectivity index (χ4v) is 2.92. The summed E-state index contributed by atoms with van der Waals surface area (Å²) in [7, 11) is 3.55. The van der Waals surface area contributed by atoms with Gasteiger partial charge < -0.3 is 14.8 Å². The Labute approximate surface area is 152 Å². The molecule has 0 saturated carbocycles. The molecular weight excluding hydrogens is 330 g/mol. The number of carbonyl (C=O) groups excluding carboxylic acids is 2. The number of hydrogen-bond acceptors (Lipinski definition) is 3. The van der Waals surface area contributed by atoms with Crippen LogP contribution in [0.1, 0.15) is 32.8 Å². The summed E-state index contributed by atoms with van der Waals surface area (Å²) in [6.07, 6.45) is 4.12. The second-order valence-electron chi connectivity index (χ2n) is 6.49. The molecule has 136 valence electrons. The zero-order valence-electron chi connectivity index (χ0n) is 15.2. The largest absolute Gasteiger partial charge is 0.367 e. The van der Waals surface area contributed by atoms with Gasteiger partial charge in [0.25, 0.3) is 11.8 Å². The molecule has 7 nitrogen and oxygen atoms in total. The third-order valence-corrected chi connectivity index (χ3v) is 4.52. The molecule has 2 amide bonds. The molecule has 3 aromatic rings. The second-order valence-corrected chi connectivity index (χ2v) is 6.49. The van der Waals surface area contributed by atoms with Crippen molar-refractivity contribution in [1.82, 2.24) is 25.0 Å². The maximum absolute atomic E-state index is 12.6. The SMILES string of the molecule is Cc1[nH]nc2ccc(C(=O)N(C)CCCN(C)C(=O)c3cc[nH]c3)cc12. The first-order valence-electron chi connectivity index (χ1n) is 8.56. The van der Waals surface area contributed by atoms with Crippen molar-refractivity contribution in [1.29, 1.82) is 0 Å². The second kappa shape index (κ2) is 7.43. The lowest BCUT2D eigenvalue weighted by molar-refractivity contribution is 0.0765. The lowest BCUT2D eigenvalue weighted by Crippen LogP contribution is -2.32. The normalized spacial score (nSPS) is 10.9. The number of aryl methyl sites for hydroxylation is 1. The van der Waals surface area contributed by atoms with Crippen LogP contribution < -0.4 is 0 Å². The predicted octanol–water partition coefficient (Wildman–Crippen LogP) is 2.43. The van der Waals surface area contributed by atoms with Crippen LogP contribution in [0.15, 0.2) is 36.7 Å². The Kier molecular flexibility index (Phi) is 5.06. The Morgan fingerprint density at radius 2 is 1.73 bits per heavy atom. The average Bonchev–Trinajstić information content (AvgIpc) is 3.30. The van der Waals surface area contributed by atoms with Gasteiger partial charge in [-0.25, -0.2) is 0 Å². The standard InChI is InChI=1S/C19H23N5O2/c1-13-16-11-14(5-6-17(16)22-21-13)18(25)23(2)9-4-10-24(3)19(26)15-7-8-20-12-15/h5-8,11-12,20H,4,9-10H2,1-3H3,(H,21,22). The maximum atomic E-state index is 12.6. The monoisotopic (exact) mass is 353 g/mol. The molecule has 2 N–H and O–H groups in total. The minimum absolute atomic E-state index is 0.0267. The first-order chi connectivity index (χ1) is 12.5. The van der Waals surface area contributed by atoms with E-state index in [1.165, 1.54) is 0 Å². The van der Waals surface area contributed by atoms with E-state index >= 15 is 0 Å². The van der Waals surface area contributed by atoms with Crippen LogP contribution in [-0.2, 0) is 0 Å². The molecular formula is C19H23N5O2. The van der Waals surface area contributed by atoms with Crippen LogP contribution in [0, 0.1) is 6.92 Å². The first-order valence-corrected chi connectivity index (χ1v) is 8.56. The van der Waals surface area contributed by atoms with Gasteiger partial charge in [-0.3, -0.25) is 14.7 Å². The van der Waals surface area contributed by atoms with Gasteiger partial charge in [0.15, 0.2) is 0 Å². The van der Waals surface area contributed by atoms with E-state index in [-0.39, 0.29) is 11.8 Å². The van der Waals surface area contributed by atoms with Gasteiger partial charge in [0, 0.05) is 56.2 Å². The number of hydrogen-bond donors (Lipinski definition) is 2. The van der Waals surface area contributed by atoms with Crippen LogP contribution in [0.4, 0.5) is 0 Å². The third kappa shape index (κ3) is 3.61. The minimum atomic E-state index is -0.0351. The lowest BCUT2D eigenvalue weighted by Gasteiger charge is -2.20. The molecule has 2 heterocycles. The Morgan fingerprint density at radius 3 is 2.38 bits per heavy atom. The zero-order valence-corrected chi connectivity index (χ0v) is 15.2. The van der Waals surface area contributed by atoms with Gasteiger partial charge in [0.05, 0.1) is 11.1 Å². The number of nitrogens with zero attached hydrogens (tertiary/aromatic N) is 3. The van der Waals surface area contributed by atoms with Crippen LogP contribution in [0.2, 0.25) is 0 Å². The van der Waals surface area contributed by atoms with E-state index in [9.17, 15) is 9.59 Å². The van der Waals surface area contributed by atoms with E-state index in [1.54, 1.807) is 48.4 Å². The number of amides is 2. The summed E-state index contributed by atoms with van der Waals surface area (Å²) in [5, 5.41) is 8.07. The number of rotatable bonds is 6. The number of carbonyl (C=O) groups is 2. The number of nitrogens with one attached hydrogen (secondary N) is 2. The van der Waals surface area contributed by atoms with Gasteiger partial charge in [0.1, 0.15) is 0 Å². The highest BCUT2D eigenvalue weighted by molar-refractivity contribution is 5.98. The smallest absolute Gasteiger partial charge is 0.255 e. The van der Waals surface area contributed by atoms with E-state index in [0.717, 1.165) is 16.6 Å². The molecule has 0 unspecified atom stereocenters. The number of aromatic amines is 2. The van der Waals surface area contributed by atoms with Crippen molar-refractivity contribution in [3.8, 4) is 0 Å². The van der Waals surface area contributed by atoms with Crippen molar-refractivity contribution in [2.45, 2.75) is 13.3 Å². The van der Waals surface area contributed by atoms with Crippen molar-refractivity contribution in [3.63, 3.8) is 0 Å². The summed E-state index contributed by atoms with van der Waals surface area (Å²) in [6, 6.07) is 7.27. The van der Waals surface area contributed by atoms with Crippen LogP contribution in [-0.4, -0.2) is 64.0 Å². The van der Waals surface area contributed by atoms with E-state index in [2.05, 4.69) is 15.2 Å². The molecule has 7 heteroatoms. The van der Waals surface area contributed by atoms with Crippen LogP contribution >= 0.6 is 0 Å². The van der Waals surface area contributed by atoms with Gasteiger partial charge in [0.2, 0.25) is 0 Å². The third-order valence-electron chi connectivity index (χ3n) is 4.52. The molecule has 0 bridgehead atoms. The number of aromatic nitrogens is 3. The Balaban J connectivity index is 1.55. The van der Waals surface area contributed by atoms with Crippen LogP contribution in [0.5, 0.6) is 0 Å². The minimum Gasteiger partial charge on any atom is -0.367 e. The number of fused-ring (bicyclic) bond motifs is 1. The summed E-state index contributed by atoms with van der Waals surface area (Å²) >= 11 is 0. The molecule has 3 rings (SSSR count). The highest BCUT2D eigenvalue weighted by Gasteiger charge is 2.15. The summed E-state index contributed by atoms with van der Waals surface area (Å²) < 4.78 is 0. The van der Waals surface area contributed by atoms with Gasteiger partial charge in [-0.2, -0.15) is 5.10 Å². The van der Waals surface area contributed by atoms with Gasteiger partial charge >= 0.3 is 0 Å². The van der Waals surface area contributed by atoms with Crippen molar-refractivity contribution in [2.75, 3.05) is 27.2 Å². The maximum Gasteiger partial charge on any atom is 0.255 e. The van der Waals surface area contributed by atoms with Gasteiger partial charge in [-0.05, 0) is 37.6 Å². The molecule has 0 spiro atoms. The van der Waals surface area contributed by atoms with E-state index in [1.807, 2.05) is 19.1 Å². The van der Waals surface area contributed by atoms with Crippen molar-refractivity contribution in [3.05, 3.63) is 53.5 Å². The molecule has 0 aliphatic rings. The predicted molar refractivity (Wildman–Crippen MR) is 100 cm³/mol. The summed E-state index contributed by atoms with van der Waals surface area (Å²) in [6.45, 7) is 3.10. The Morgan fingerprint density at radius 1 is 1.04 bits per heavy atom. The fourth-order valence-electron chi connectivity index (χ4n) is 2.92. The van der Waals surface area contributed by atoms with Gasteiger partial charge in [-0.15, -0.1) is 0 Å². The lowest BCUT2D eigenvalue weighted by atomic mass is 10.1. The van der Waals surface area contributed by atoms with Gasteiger partial charge in [-0.1, -0.05) is 0 Å². The van der Waals surface area contributed by atoms with Crippen molar-refractivity contribution < 1.29 is 9.59 Å². The quantitative estimate of drug-likeness (QED) is 0.714. The Bertz CT molecular complexity index is 913. The van der Waals surface area contributed by atoms with E-state index < -0.39 is 0 Å². The number of benzene rings is 1. The summed E-state index contributed by atoms with van der Waals surface area (Å²) in [4.78, 5) is 31.0. The van der Waals surface area contributed by atoms with Crippen molar-refractivity contribution >= 4 is 22.7 Å². The molecule has 1 aromatic carbocycles.